The molecule has 0 aliphatic heterocycles. The lowest BCUT2D eigenvalue weighted by molar-refractivity contribution is 0.0710. The highest BCUT2D eigenvalue weighted by Gasteiger charge is 2.21. The lowest BCUT2D eigenvalue weighted by atomic mass is 10.1. The summed E-state index contributed by atoms with van der Waals surface area (Å²) in [5.41, 5.74) is 6.79. The number of oxime groups is 1. The smallest absolute Gasteiger partial charge is 0.254 e. The molecule has 0 aliphatic carbocycles. The van der Waals surface area contributed by atoms with Crippen molar-refractivity contribution in [3.05, 3.63) is 34.3 Å². The molecule has 1 aromatic carbocycles. The van der Waals surface area contributed by atoms with Crippen molar-refractivity contribution < 1.29 is 10.0 Å². The van der Waals surface area contributed by atoms with E-state index in [0.717, 1.165) is 5.56 Å². The maximum Gasteiger partial charge on any atom is 0.254 e. The van der Waals surface area contributed by atoms with Gasteiger partial charge < -0.3 is 15.8 Å². The van der Waals surface area contributed by atoms with Gasteiger partial charge in [-0.25, -0.2) is 0 Å². The maximum absolute atomic E-state index is 12.6. The van der Waals surface area contributed by atoms with Crippen LogP contribution in [0.3, 0.4) is 0 Å². The molecule has 0 spiro atoms. The minimum Gasteiger partial charge on any atom is -0.409 e. The van der Waals surface area contributed by atoms with Crippen LogP contribution in [-0.2, 0) is 0 Å². The van der Waals surface area contributed by atoms with Gasteiger partial charge in [-0.3, -0.25) is 4.79 Å². The molecule has 1 aromatic rings. The zero-order valence-electron chi connectivity index (χ0n) is 11.9. The molecule has 3 N–H and O–H groups in total. The molecule has 0 saturated heterocycles. The average molecular weight is 298 g/mol. The van der Waals surface area contributed by atoms with Gasteiger partial charge >= 0.3 is 0 Å². The molecule has 0 bridgehead atoms. The SMILES string of the molecule is Cc1c(Cl)cccc1C(=O)N(CC/C(N)=N/O)C(C)C. The van der Waals surface area contributed by atoms with Gasteiger partial charge in [0.1, 0.15) is 5.84 Å². The molecule has 1 rings (SSSR count). The van der Waals surface area contributed by atoms with E-state index in [2.05, 4.69) is 5.16 Å². The first-order chi connectivity index (χ1) is 9.38. The third kappa shape index (κ3) is 3.87. The second-order valence-electron chi connectivity index (χ2n) is 4.85. The van der Waals surface area contributed by atoms with Gasteiger partial charge in [0.15, 0.2) is 0 Å². The molecule has 0 fully saturated rings. The fraction of sp³-hybridized carbons (Fsp3) is 0.429. The van der Waals surface area contributed by atoms with Crippen molar-refractivity contribution >= 4 is 23.3 Å². The van der Waals surface area contributed by atoms with Gasteiger partial charge in [0.05, 0.1) is 0 Å². The summed E-state index contributed by atoms with van der Waals surface area (Å²) in [6.45, 7) is 6.05. The van der Waals surface area contributed by atoms with Crippen molar-refractivity contribution in [1.82, 2.24) is 4.90 Å². The van der Waals surface area contributed by atoms with E-state index < -0.39 is 0 Å². The van der Waals surface area contributed by atoms with Crippen molar-refractivity contribution in [3.8, 4) is 0 Å². The molecule has 0 radical (unpaired) electrons. The van der Waals surface area contributed by atoms with E-state index >= 15 is 0 Å². The van der Waals surface area contributed by atoms with Crippen LogP contribution in [0.1, 0.15) is 36.2 Å². The minimum atomic E-state index is -0.106. The summed E-state index contributed by atoms with van der Waals surface area (Å²) in [7, 11) is 0. The van der Waals surface area contributed by atoms with Gasteiger partial charge in [0.2, 0.25) is 0 Å². The van der Waals surface area contributed by atoms with Gasteiger partial charge in [-0.15, -0.1) is 0 Å². The third-order valence-electron chi connectivity index (χ3n) is 3.12. The predicted molar refractivity (Wildman–Crippen MR) is 80.4 cm³/mol. The summed E-state index contributed by atoms with van der Waals surface area (Å²) in [4.78, 5) is 14.3. The molecule has 0 unspecified atom stereocenters. The second-order valence-corrected chi connectivity index (χ2v) is 5.25. The Hall–Kier alpha value is -1.75. The van der Waals surface area contributed by atoms with Crippen LogP contribution in [0.4, 0.5) is 0 Å². The van der Waals surface area contributed by atoms with Crippen LogP contribution >= 0.6 is 11.6 Å². The van der Waals surface area contributed by atoms with Crippen LogP contribution in [0.15, 0.2) is 23.4 Å². The monoisotopic (exact) mass is 297 g/mol. The second kappa shape index (κ2) is 7.14. The van der Waals surface area contributed by atoms with Crippen molar-refractivity contribution in [2.75, 3.05) is 6.54 Å². The van der Waals surface area contributed by atoms with E-state index in [-0.39, 0.29) is 17.8 Å². The molecule has 110 valence electrons. The Kier molecular flexibility index (Phi) is 5.82. The summed E-state index contributed by atoms with van der Waals surface area (Å²) in [5.74, 6) is -0.00277. The number of amides is 1. The van der Waals surface area contributed by atoms with E-state index in [0.29, 0.717) is 23.6 Å². The summed E-state index contributed by atoms with van der Waals surface area (Å²) < 4.78 is 0. The number of nitrogens with two attached hydrogens (primary N) is 1. The average Bonchev–Trinajstić information content (AvgIpc) is 2.41. The van der Waals surface area contributed by atoms with Crippen LogP contribution in [0.5, 0.6) is 0 Å². The van der Waals surface area contributed by atoms with Crippen molar-refractivity contribution in [2.24, 2.45) is 10.9 Å². The van der Waals surface area contributed by atoms with Gasteiger partial charge in [0, 0.05) is 29.6 Å². The van der Waals surface area contributed by atoms with E-state index in [1.54, 1.807) is 23.1 Å². The molecule has 0 atom stereocenters. The van der Waals surface area contributed by atoms with Gasteiger partial charge in [-0.05, 0) is 38.5 Å². The Bertz CT molecular complexity index is 515. The fourth-order valence-corrected chi connectivity index (χ4v) is 2.05. The van der Waals surface area contributed by atoms with Crippen molar-refractivity contribution in [2.45, 2.75) is 33.2 Å². The summed E-state index contributed by atoms with van der Waals surface area (Å²) >= 11 is 6.05. The molecular formula is C14H20ClN3O2. The third-order valence-corrected chi connectivity index (χ3v) is 3.53. The number of benzene rings is 1. The van der Waals surface area contributed by atoms with E-state index in [9.17, 15) is 4.79 Å². The normalized spacial score (nSPS) is 11.8. The standard InChI is InChI=1S/C14H20ClN3O2/c1-9(2)18(8-7-13(16)17-20)14(19)11-5-4-6-12(15)10(11)3/h4-6,9,20H,7-8H2,1-3H3,(H2,16,17). The Morgan fingerprint density at radius 1 is 1.50 bits per heavy atom. The first-order valence-corrected chi connectivity index (χ1v) is 6.78. The van der Waals surface area contributed by atoms with Crippen LogP contribution < -0.4 is 5.73 Å². The number of hydrogen-bond donors (Lipinski definition) is 2. The van der Waals surface area contributed by atoms with E-state index in [1.165, 1.54) is 0 Å². The number of carbonyl (C=O) groups is 1. The van der Waals surface area contributed by atoms with Crippen LogP contribution in [0.25, 0.3) is 0 Å². The highest BCUT2D eigenvalue weighted by Crippen LogP contribution is 2.21. The molecule has 20 heavy (non-hydrogen) atoms. The highest BCUT2D eigenvalue weighted by molar-refractivity contribution is 6.31. The summed E-state index contributed by atoms with van der Waals surface area (Å²) in [5, 5.41) is 12.0. The molecule has 6 heteroatoms. The minimum absolute atomic E-state index is 0.00683. The summed E-state index contributed by atoms with van der Waals surface area (Å²) in [6.07, 6.45) is 0.319. The molecule has 0 aromatic heterocycles. The molecule has 0 heterocycles. The fourth-order valence-electron chi connectivity index (χ4n) is 1.87. The number of rotatable bonds is 5. The lowest BCUT2D eigenvalue weighted by Crippen LogP contribution is -2.39. The zero-order valence-corrected chi connectivity index (χ0v) is 12.7. The van der Waals surface area contributed by atoms with Crippen molar-refractivity contribution in [1.29, 1.82) is 0 Å². The molecular weight excluding hydrogens is 278 g/mol. The van der Waals surface area contributed by atoms with Gasteiger partial charge in [-0.2, -0.15) is 0 Å². The molecule has 5 nitrogen and oxygen atoms in total. The van der Waals surface area contributed by atoms with Crippen LogP contribution in [0.2, 0.25) is 5.02 Å². The van der Waals surface area contributed by atoms with Crippen LogP contribution in [-0.4, -0.2) is 34.4 Å². The molecule has 0 aliphatic rings. The first-order valence-electron chi connectivity index (χ1n) is 6.41. The number of halogens is 1. The first kappa shape index (κ1) is 16.3. The highest BCUT2D eigenvalue weighted by atomic mass is 35.5. The van der Waals surface area contributed by atoms with Gasteiger partial charge in [0.25, 0.3) is 5.91 Å². The van der Waals surface area contributed by atoms with Gasteiger partial charge in [-0.1, -0.05) is 22.8 Å². The number of nitrogens with zero attached hydrogens (tertiary/aromatic N) is 2. The lowest BCUT2D eigenvalue weighted by Gasteiger charge is -2.27. The summed E-state index contributed by atoms with van der Waals surface area (Å²) in [6, 6.07) is 5.27. The largest absolute Gasteiger partial charge is 0.409 e. The Morgan fingerprint density at radius 2 is 2.15 bits per heavy atom. The topological polar surface area (TPSA) is 78.9 Å². The van der Waals surface area contributed by atoms with Crippen LogP contribution in [0, 0.1) is 6.92 Å². The van der Waals surface area contributed by atoms with E-state index in [1.807, 2.05) is 20.8 Å². The maximum atomic E-state index is 12.6. The predicted octanol–water partition coefficient (Wildman–Crippen LogP) is 2.64. The van der Waals surface area contributed by atoms with E-state index in [4.69, 9.17) is 22.5 Å². The molecule has 0 saturated carbocycles. The number of amidine groups is 1. The Morgan fingerprint density at radius 3 is 2.70 bits per heavy atom. The molecule has 1 amide bonds. The quantitative estimate of drug-likeness (QED) is 0.379. The zero-order chi connectivity index (χ0) is 15.3. The Balaban J connectivity index is 2.97. The Labute approximate surface area is 124 Å². The number of carbonyl (C=O) groups excluding carboxylic acids is 1. The van der Waals surface area contributed by atoms with Crippen molar-refractivity contribution in [3.63, 3.8) is 0 Å². The number of hydrogen-bond acceptors (Lipinski definition) is 3.